The summed E-state index contributed by atoms with van der Waals surface area (Å²) < 4.78 is 0. The van der Waals surface area contributed by atoms with Crippen LogP contribution in [0.2, 0.25) is 5.02 Å². The largest absolute Gasteiger partial charge is 0.335 e. The highest BCUT2D eigenvalue weighted by Gasteiger charge is 2.26. The second-order valence-corrected chi connectivity index (χ2v) is 8.51. The molecule has 0 radical (unpaired) electrons. The van der Waals surface area contributed by atoms with E-state index in [0.29, 0.717) is 41.6 Å². The number of thiazole rings is 1. The van der Waals surface area contributed by atoms with Crippen molar-refractivity contribution in [1.29, 1.82) is 0 Å². The van der Waals surface area contributed by atoms with Crippen LogP contribution in [0.4, 0.5) is 0 Å². The van der Waals surface area contributed by atoms with Crippen LogP contribution in [0.1, 0.15) is 20.0 Å². The van der Waals surface area contributed by atoms with Crippen LogP contribution < -0.4 is 0 Å². The predicted molar refractivity (Wildman–Crippen MR) is 109 cm³/mol. The highest BCUT2D eigenvalue weighted by Crippen LogP contribution is 2.29. The van der Waals surface area contributed by atoms with Gasteiger partial charge in [0.15, 0.2) is 0 Å². The second kappa shape index (κ2) is 7.80. The fourth-order valence-electron chi connectivity index (χ4n) is 2.93. The predicted octanol–water partition coefficient (Wildman–Crippen LogP) is 4.12. The molecule has 0 unspecified atom stereocenters. The Morgan fingerprint density at radius 3 is 2.26 bits per heavy atom. The number of thiophene rings is 1. The van der Waals surface area contributed by atoms with E-state index in [-0.39, 0.29) is 11.8 Å². The monoisotopic (exact) mass is 417 g/mol. The smallest absolute Gasteiger partial charge is 0.265 e. The van der Waals surface area contributed by atoms with Crippen molar-refractivity contribution in [2.75, 3.05) is 26.2 Å². The minimum Gasteiger partial charge on any atom is -0.335 e. The number of hydrogen-bond donors (Lipinski definition) is 0. The number of aromatic nitrogens is 1. The van der Waals surface area contributed by atoms with Crippen LogP contribution in [0.15, 0.2) is 48.0 Å². The molecule has 27 heavy (non-hydrogen) atoms. The molecule has 4 rings (SSSR count). The van der Waals surface area contributed by atoms with Crippen LogP contribution in [0.3, 0.4) is 0 Å². The van der Waals surface area contributed by atoms with Crippen LogP contribution in [-0.2, 0) is 0 Å². The van der Waals surface area contributed by atoms with E-state index >= 15 is 0 Å². The molecule has 2 aromatic heterocycles. The lowest BCUT2D eigenvalue weighted by Crippen LogP contribution is -2.50. The molecule has 0 bridgehead atoms. The van der Waals surface area contributed by atoms with E-state index in [2.05, 4.69) is 4.98 Å². The summed E-state index contributed by atoms with van der Waals surface area (Å²) in [6.45, 7) is 2.07. The zero-order valence-electron chi connectivity index (χ0n) is 14.3. The van der Waals surface area contributed by atoms with Crippen molar-refractivity contribution in [3.05, 3.63) is 63.4 Å². The van der Waals surface area contributed by atoms with Crippen LogP contribution in [0.25, 0.3) is 9.88 Å². The molecule has 1 saturated heterocycles. The first-order valence-electron chi connectivity index (χ1n) is 8.45. The molecule has 3 aromatic rings. The van der Waals surface area contributed by atoms with Crippen molar-refractivity contribution >= 4 is 46.1 Å². The van der Waals surface area contributed by atoms with Gasteiger partial charge >= 0.3 is 0 Å². The molecular formula is C19H16ClN3O2S2. The normalized spacial score (nSPS) is 14.4. The first-order chi connectivity index (χ1) is 13.1. The van der Waals surface area contributed by atoms with E-state index < -0.39 is 0 Å². The lowest BCUT2D eigenvalue weighted by molar-refractivity contribution is 0.0538. The van der Waals surface area contributed by atoms with Gasteiger partial charge in [0.1, 0.15) is 9.88 Å². The molecule has 2 amide bonds. The van der Waals surface area contributed by atoms with Gasteiger partial charge in [-0.15, -0.1) is 22.7 Å². The topological polar surface area (TPSA) is 53.5 Å². The number of amides is 2. The molecule has 8 heteroatoms. The summed E-state index contributed by atoms with van der Waals surface area (Å²) >= 11 is 8.90. The zero-order chi connectivity index (χ0) is 18.8. The number of piperazine rings is 1. The second-order valence-electron chi connectivity index (χ2n) is 6.10. The Labute approximate surface area is 169 Å². The van der Waals surface area contributed by atoms with Crippen molar-refractivity contribution in [3.63, 3.8) is 0 Å². The standard InChI is InChI=1S/C19H16ClN3O2S2/c20-14-5-3-13(4-6-14)18(24)22-7-9-23(10-8-22)19(25)16-12-21-17(27-16)15-2-1-11-26-15/h1-6,11-12H,7-10H2. The van der Waals surface area contributed by atoms with Gasteiger partial charge in [-0.3, -0.25) is 9.59 Å². The molecule has 0 aliphatic carbocycles. The van der Waals surface area contributed by atoms with Gasteiger partial charge in [-0.05, 0) is 35.7 Å². The molecule has 1 aliphatic rings. The van der Waals surface area contributed by atoms with Crippen molar-refractivity contribution < 1.29 is 9.59 Å². The molecule has 0 saturated carbocycles. The highest BCUT2D eigenvalue weighted by atomic mass is 35.5. The van der Waals surface area contributed by atoms with Crippen LogP contribution >= 0.6 is 34.3 Å². The number of hydrogen-bond acceptors (Lipinski definition) is 5. The summed E-state index contributed by atoms with van der Waals surface area (Å²) in [5, 5.41) is 3.47. The third-order valence-electron chi connectivity index (χ3n) is 4.39. The molecule has 1 aromatic carbocycles. The molecule has 0 atom stereocenters. The van der Waals surface area contributed by atoms with Gasteiger partial charge in [-0.25, -0.2) is 4.98 Å². The van der Waals surface area contributed by atoms with Crippen LogP contribution in [0, 0.1) is 0 Å². The maximum absolute atomic E-state index is 12.7. The SMILES string of the molecule is O=C(c1ccc(Cl)cc1)N1CCN(C(=O)c2cnc(-c3cccs3)s2)CC1. The van der Waals surface area contributed by atoms with E-state index in [1.807, 2.05) is 17.5 Å². The minimum atomic E-state index is -0.0310. The molecule has 1 fully saturated rings. The maximum Gasteiger partial charge on any atom is 0.265 e. The fourth-order valence-corrected chi connectivity index (χ4v) is 4.74. The molecule has 138 valence electrons. The zero-order valence-corrected chi connectivity index (χ0v) is 16.7. The van der Waals surface area contributed by atoms with E-state index in [1.54, 1.807) is 51.6 Å². The maximum atomic E-state index is 12.7. The Bertz CT molecular complexity index is 946. The third kappa shape index (κ3) is 3.90. The van der Waals surface area contributed by atoms with Crippen LogP contribution in [-0.4, -0.2) is 52.8 Å². The van der Waals surface area contributed by atoms with Gasteiger partial charge in [0, 0.05) is 36.8 Å². The summed E-state index contributed by atoms with van der Waals surface area (Å²) in [6, 6.07) is 10.9. The van der Waals surface area contributed by atoms with E-state index in [0.717, 1.165) is 9.88 Å². The van der Waals surface area contributed by atoms with Crippen LogP contribution in [0.5, 0.6) is 0 Å². The van der Waals surface area contributed by atoms with Gasteiger partial charge in [-0.1, -0.05) is 17.7 Å². The number of nitrogens with zero attached hydrogens (tertiary/aromatic N) is 3. The Hall–Kier alpha value is -2.22. The number of halogens is 1. The van der Waals surface area contributed by atoms with Crippen molar-refractivity contribution in [1.82, 2.24) is 14.8 Å². The van der Waals surface area contributed by atoms with Crippen molar-refractivity contribution in [2.24, 2.45) is 0 Å². The lowest BCUT2D eigenvalue weighted by Gasteiger charge is -2.34. The number of carbonyl (C=O) groups excluding carboxylic acids is 2. The van der Waals surface area contributed by atoms with E-state index in [1.165, 1.54) is 11.3 Å². The van der Waals surface area contributed by atoms with Gasteiger partial charge in [0.2, 0.25) is 0 Å². The first kappa shape index (κ1) is 18.2. The Kier molecular flexibility index (Phi) is 5.24. The summed E-state index contributed by atoms with van der Waals surface area (Å²) in [6.07, 6.45) is 1.65. The van der Waals surface area contributed by atoms with E-state index in [9.17, 15) is 9.59 Å². The van der Waals surface area contributed by atoms with Gasteiger partial charge in [0.25, 0.3) is 11.8 Å². The highest BCUT2D eigenvalue weighted by molar-refractivity contribution is 7.21. The fraction of sp³-hybridized carbons (Fsp3) is 0.211. The summed E-state index contributed by atoms with van der Waals surface area (Å²) in [4.78, 5) is 34.9. The molecular weight excluding hydrogens is 402 g/mol. The molecule has 0 N–H and O–H groups in total. The average molecular weight is 418 g/mol. The number of benzene rings is 1. The molecule has 3 heterocycles. The summed E-state index contributed by atoms with van der Waals surface area (Å²) in [5.41, 5.74) is 0.613. The summed E-state index contributed by atoms with van der Waals surface area (Å²) in [7, 11) is 0. The van der Waals surface area contributed by atoms with Gasteiger partial charge in [0.05, 0.1) is 11.1 Å². The first-order valence-corrected chi connectivity index (χ1v) is 10.5. The molecule has 5 nitrogen and oxygen atoms in total. The Balaban J connectivity index is 1.38. The number of rotatable bonds is 3. The Morgan fingerprint density at radius 2 is 1.63 bits per heavy atom. The van der Waals surface area contributed by atoms with Crippen molar-refractivity contribution in [3.8, 4) is 9.88 Å². The number of carbonyl (C=O) groups is 2. The van der Waals surface area contributed by atoms with Gasteiger partial charge < -0.3 is 9.80 Å². The summed E-state index contributed by atoms with van der Waals surface area (Å²) in [5.74, 6) is -0.0505. The lowest BCUT2D eigenvalue weighted by atomic mass is 10.2. The van der Waals surface area contributed by atoms with Gasteiger partial charge in [-0.2, -0.15) is 0 Å². The Morgan fingerprint density at radius 1 is 0.963 bits per heavy atom. The quantitative estimate of drug-likeness (QED) is 0.644. The van der Waals surface area contributed by atoms with E-state index in [4.69, 9.17) is 11.6 Å². The minimum absolute atomic E-state index is 0.0195. The third-order valence-corrected chi connectivity index (χ3v) is 6.67. The molecule has 0 spiro atoms. The molecule has 1 aliphatic heterocycles. The van der Waals surface area contributed by atoms with Crippen molar-refractivity contribution in [2.45, 2.75) is 0 Å². The average Bonchev–Trinajstić information content (AvgIpc) is 3.39.